The number of hydrogen-bond acceptors (Lipinski definition) is 8. The number of esters is 1. The van der Waals surface area contributed by atoms with Crippen molar-refractivity contribution in [2.75, 3.05) is 17.7 Å². The quantitative estimate of drug-likeness (QED) is 0.0693. The van der Waals surface area contributed by atoms with E-state index in [1.54, 1.807) is 88.2 Å². The van der Waals surface area contributed by atoms with E-state index >= 15 is 0 Å². The summed E-state index contributed by atoms with van der Waals surface area (Å²) in [6.45, 7) is 0. The molecule has 4 heterocycles. The molecule has 0 radical (unpaired) electrons. The zero-order valence-corrected chi connectivity index (χ0v) is 38.7. The third-order valence-corrected chi connectivity index (χ3v) is 10.4. The summed E-state index contributed by atoms with van der Waals surface area (Å²) in [6.07, 6.45) is -1.87. The molecule has 0 aliphatic rings. The Labute approximate surface area is 411 Å². The molecule has 4 aromatic carbocycles. The number of benzene rings is 4. The van der Waals surface area contributed by atoms with Crippen LogP contribution in [0.4, 0.5) is 37.7 Å². The first-order valence-electron chi connectivity index (χ1n) is 20.3. The summed E-state index contributed by atoms with van der Waals surface area (Å²) < 4.78 is 84.8. The van der Waals surface area contributed by atoms with Crippen molar-refractivity contribution in [1.82, 2.24) is 19.2 Å². The van der Waals surface area contributed by atoms with Crippen LogP contribution in [0.5, 0.6) is 0 Å². The molecule has 0 aliphatic heterocycles. The monoisotopic (exact) mass is 960 g/mol. The number of carboxylic acids is 1. The third kappa shape index (κ3) is 13.4. The fourth-order valence-electron chi connectivity index (χ4n) is 7.13. The van der Waals surface area contributed by atoms with E-state index in [0.29, 0.717) is 63.1 Å². The van der Waals surface area contributed by atoms with E-state index in [9.17, 15) is 45.5 Å². The second-order valence-corrected chi connectivity index (χ2v) is 15.1. The second kappa shape index (κ2) is 22.7. The van der Waals surface area contributed by atoms with Crippen molar-refractivity contribution in [3.8, 4) is 0 Å². The topological polar surface area (TPSA) is 186 Å². The van der Waals surface area contributed by atoms with Crippen molar-refractivity contribution in [3.63, 3.8) is 0 Å². The number of ether oxygens (including phenoxy) is 1. The number of methoxy groups -OCH3 is 1. The number of nitrogens with zero attached hydrogens (tertiary/aromatic N) is 4. The maximum Gasteiger partial charge on any atom is 1.00 e. The molecule has 4 aromatic heterocycles. The number of fused-ring (bicyclic) bond motifs is 2. The van der Waals surface area contributed by atoms with Crippen LogP contribution in [-0.4, -0.2) is 60.7 Å². The number of anilines is 2. The molecule has 69 heavy (non-hydrogen) atoms. The Morgan fingerprint density at radius 1 is 0.565 bits per heavy atom. The summed E-state index contributed by atoms with van der Waals surface area (Å²) in [7, 11) is 1.32. The van der Waals surface area contributed by atoms with E-state index in [2.05, 4.69) is 25.6 Å². The Morgan fingerprint density at radius 3 is 1.28 bits per heavy atom. The van der Waals surface area contributed by atoms with E-state index in [1.807, 2.05) is 6.07 Å². The molecule has 20 heteroatoms. The molecule has 0 aliphatic carbocycles. The Balaban J connectivity index is 0.000000250. The van der Waals surface area contributed by atoms with Crippen LogP contribution in [0.2, 0.25) is 0 Å². The van der Waals surface area contributed by atoms with Gasteiger partial charge in [0, 0.05) is 23.8 Å². The van der Waals surface area contributed by atoms with Gasteiger partial charge in [0.2, 0.25) is 0 Å². The third-order valence-electron chi connectivity index (χ3n) is 10.4. The zero-order valence-electron chi connectivity index (χ0n) is 36.7. The number of pyridine rings is 2. The van der Waals surface area contributed by atoms with Crippen molar-refractivity contribution < 1.29 is 90.4 Å². The second-order valence-electron chi connectivity index (χ2n) is 15.1. The minimum Gasteiger partial charge on any atom is -0.870 e. The van der Waals surface area contributed by atoms with Gasteiger partial charge >= 0.3 is 53.8 Å². The predicted molar refractivity (Wildman–Crippen MR) is 237 cm³/mol. The fraction of sp³-hybridized carbons (Fsp3) is 0.143. The summed E-state index contributed by atoms with van der Waals surface area (Å²) in [5, 5.41) is 22.9. The van der Waals surface area contributed by atoms with Gasteiger partial charge in [0.25, 0.3) is 11.8 Å². The number of aromatic nitrogens is 4. The molecule has 8 rings (SSSR count). The number of nitrogens with one attached hydrogen (secondary N) is 2. The number of halogens is 6. The van der Waals surface area contributed by atoms with Crippen LogP contribution in [0, 0.1) is 0 Å². The minimum absolute atomic E-state index is 0. The van der Waals surface area contributed by atoms with Gasteiger partial charge in [-0.15, -0.1) is 0 Å². The average Bonchev–Trinajstić information content (AvgIpc) is 3.94. The maximum absolute atomic E-state index is 13.0. The summed E-state index contributed by atoms with van der Waals surface area (Å²) in [6, 6.07) is 30.3. The maximum atomic E-state index is 13.0. The summed E-state index contributed by atoms with van der Waals surface area (Å²) in [5.41, 5.74) is 5.55. The first kappa shape index (κ1) is 52.6. The Bertz CT molecular complexity index is 3070. The average molecular weight is 961 g/mol. The van der Waals surface area contributed by atoms with E-state index in [-0.39, 0.29) is 59.8 Å². The molecular weight excluding hydrogens is 922 g/mol. The SMILES string of the molecule is COC(=O)Cc1ccc(NC(=O)c2cnn3cccc(Cc4ccc(C(F)(F)F)cc4)c23)cc1.O=C(O)Cc1ccc(NC(=O)c2cnn3cccc(Cc4ccc(C(F)(F)F)cc4)c23)cc1.[Na+].[OH-]. The van der Waals surface area contributed by atoms with Gasteiger partial charge in [-0.1, -0.05) is 60.7 Å². The van der Waals surface area contributed by atoms with Crippen molar-refractivity contribution in [3.05, 3.63) is 202 Å². The molecule has 0 saturated carbocycles. The fourth-order valence-corrected chi connectivity index (χ4v) is 7.13. The van der Waals surface area contributed by atoms with E-state index < -0.39 is 35.4 Å². The van der Waals surface area contributed by atoms with Gasteiger partial charge in [-0.05, 0) is 107 Å². The minimum atomic E-state index is -4.40. The number of hydrogen-bond donors (Lipinski definition) is 3. The predicted octanol–water partition coefficient (Wildman–Crippen LogP) is 6.56. The van der Waals surface area contributed by atoms with Crippen molar-refractivity contribution in [2.45, 2.75) is 38.0 Å². The molecule has 4 N–H and O–H groups in total. The molecule has 0 saturated heterocycles. The normalized spacial score (nSPS) is 11.1. The van der Waals surface area contributed by atoms with E-state index in [4.69, 9.17) is 5.11 Å². The first-order valence-corrected chi connectivity index (χ1v) is 20.3. The van der Waals surface area contributed by atoms with Crippen LogP contribution < -0.4 is 40.2 Å². The Morgan fingerprint density at radius 2 is 0.928 bits per heavy atom. The Hall–Kier alpha value is -7.32. The molecule has 13 nitrogen and oxygen atoms in total. The summed E-state index contributed by atoms with van der Waals surface area (Å²) in [4.78, 5) is 48.1. The van der Waals surface area contributed by atoms with E-state index in [0.717, 1.165) is 41.0 Å². The number of alkyl halides is 6. The number of aliphatic carboxylic acids is 1. The van der Waals surface area contributed by atoms with Crippen LogP contribution in [-0.2, 0) is 52.4 Å². The molecule has 0 unspecified atom stereocenters. The molecule has 0 atom stereocenters. The molecule has 0 fully saturated rings. The molecule has 0 bridgehead atoms. The van der Waals surface area contributed by atoms with Gasteiger partial charge in [0.05, 0.1) is 65.6 Å². The van der Waals surface area contributed by atoms with Crippen molar-refractivity contribution in [1.29, 1.82) is 0 Å². The number of carbonyl (C=O) groups is 4. The summed E-state index contributed by atoms with van der Waals surface area (Å²) >= 11 is 0. The molecule has 0 spiro atoms. The molecule has 2 amide bonds. The van der Waals surface area contributed by atoms with Gasteiger partial charge in [0.1, 0.15) is 0 Å². The van der Waals surface area contributed by atoms with Crippen LogP contribution in [0.25, 0.3) is 11.0 Å². The standard InChI is InChI=1S/C25H20F3N3O3.C24H18F3N3O3.Na.H2O/c1-34-22(32)14-17-6-10-20(11-7-17)30-24(33)21-15-29-31-12-2-3-18(23(21)31)13-16-4-8-19(9-5-16)25(26,27)28;25-24(26,27)18-7-3-15(4-8-18)12-17-2-1-11-30-22(17)20(14-28-30)23(33)29-19-9-5-16(6-10-19)13-21(31)32;;/h2-12,15H,13-14H2,1H3,(H,30,33);1-11,14H,12-13H2,(H,29,33)(H,31,32);;1H2/q;;+1;/p-1. The van der Waals surface area contributed by atoms with Gasteiger partial charge < -0.3 is 26.0 Å². The zero-order chi connectivity index (χ0) is 47.9. The largest absolute Gasteiger partial charge is 1.00 e. The number of rotatable bonds is 12. The number of carboxylic acid groups (broad SMARTS) is 1. The van der Waals surface area contributed by atoms with Gasteiger partial charge in [-0.2, -0.15) is 36.5 Å². The van der Waals surface area contributed by atoms with E-state index in [1.165, 1.54) is 43.8 Å². The van der Waals surface area contributed by atoms with Gasteiger partial charge in [-0.25, -0.2) is 9.03 Å². The van der Waals surface area contributed by atoms with Crippen molar-refractivity contribution >= 4 is 46.2 Å². The first-order chi connectivity index (χ1) is 31.9. The smallest absolute Gasteiger partial charge is 0.870 e. The van der Waals surface area contributed by atoms with Crippen molar-refractivity contribution in [2.24, 2.45) is 0 Å². The van der Waals surface area contributed by atoms with Gasteiger partial charge in [0.15, 0.2) is 0 Å². The molecular formula is C49H39F6N6NaO7. The number of carbonyl (C=O) groups excluding carboxylic acids is 3. The van der Waals surface area contributed by atoms with Crippen LogP contribution in [0.3, 0.4) is 0 Å². The van der Waals surface area contributed by atoms with Crippen LogP contribution in [0.1, 0.15) is 65.2 Å². The van der Waals surface area contributed by atoms with Gasteiger partial charge in [-0.3, -0.25) is 19.2 Å². The molecule has 8 aromatic rings. The van der Waals surface area contributed by atoms with Crippen LogP contribution >= 0.6 is 0 Å². The summed E-state index contributed by atoms with van der Waals surface area (Å²) in [5.74, 6) is -2.09. The molecule has 350 valence electrons. The van der Waals surface area contributed by atoms with Crippen LogP contribution in [0.15, 0.2) is 146 Å². The Kier molecular flexibility index (Phi) is 17.3. The number of amides is 2.